The predicted octanol–water partition coefficient (Wildman–Crippen LogP) is 4.15. The highest BCUT2D eigenvalue weighted by molar-refractivity contribution is 6.30. The third kappa shape index (κ3) is 2.41. The van der Waals surface area contributed by atoms with Crippen LogP contribution in [0.1, 0.15) is 11.3 Å². The van der Waals surface area contributed by atoms with Gasteiger partial charge in [-0.2, -0.15) is 5.10 Å². The zero-order valence-corrected chi connectivity index (χ0v) is 13.8. The molecule has 1 aliphatic heterocycles. The summed E-state index contributed by atoms with van der Waals surface area (Å²) in [7, 11) is 0. The van der Waals surface area contributed by atoms with E-state index in [9.17, 15) is 4.39 Å². The second-order valence-electron chi connectivity index (χ2n) is 5.68. The maximum Gasteiger partial charge on any atom is 0.134 e. The lowest BCUT2D eigenvalue weighted by molar-refractivity contribution is 0.608. The fraction of sp³-hybridized carbons (Fsp3) is 0.167. The molecule has 0 spiro atoms. The van der Waals surface area contributed by atoms with Crippen LogP contribution in [0.3, 0.4) is 0 Å². The van der Waals surface area contributed by atoms with E-state index in [4.69, 9.17) is 11.6 Å². The molecule has 0 radical (unpaired) electrons. The largest absolute Gasteiger partial charge is 0.289 e. The topological polar surface area (TPSA) is 43.1 Å². The van der Waals surface area contributed by atoms with Crippen molar-refractivity contribution < 1.29 is 4.39 Å². The van der Waals surface area contributed by atoms with E-state index >= 15 is 0 Å². The summed E-state index contributed by atoms with van der Waals surface area (Å²) in [6, 6.07) is 6.58. The van der Waals surface area contributed by atoms with Crippen LogP contribution in [0.2, 0.25) is 5.02 Å². The number of hydrogen-bond acceptors (Lipinski definition) is 3. The molecule has 0 fully saturated rings. The van der Waals surface area contributed by atoms with Gasteiger partial charge in [0.2, 0.25) is 0 Å². The van der Waals surface area contributed by atoms with Crippen LogP contribution < -0.4 is 0 Å². The van der Waals surface area contributed by atoms with Crippen LogP contribution in [0.25, 0.3) is 22.4 Å². The molecule has 4 nitrogen and oxygen atoms in total. The summed E-state index contributed by atoms with van der Waals surface area (Å²) in [5, 5.41) is 5.02. The highest BCUT2D eigenvalue weighted by Gasteiger charge is 2.23. The Labute approximate surface area is 143 Å². The molecule has 0 unspecified atom stereocenters. The lowest BCUT2D eigenvalue weighted by Gasteiger charge is -2.10. The minimum Gasteiger partial charge on any atom is -0.289 e. The molecular formula is C18H14ClFN4. The van der Waals surface area contributed by atoms with E-state index in [-0.39, 0.29) is 5.82 Å². The Hall–Kier alpha value is -2.53. The second kappa shape index (κ2) is 5.83. The van der Waals surface area contributed by atoms with Crippen LogP contribution in [0.5, 0.6) is 0 Å². The Morgan fingerprint density at radius 3 is 2.88 bits per heavy atom. The number of pyridine rings is 1. The SMILES string of the molecule is Cc1cnccc1-c1c(-c2ccc(Cl)cc2F)nn2c1C=NCC2. The van der Waals surface area contributed by atoms with Gasteiger partial charge in [0.1, 0.15) is 11.5 Å². The Morgan fingerprint density at radius 1 is 1.21 bits per heavy atom. The zero-order valence-electron chi connectivity index (χ0n) is 13.0. The van der Waals surface area contributed by atoms with Crippen molar-refractivity contribution in [3.8, 4) is 22.4 Å². The van der Waals surface area contributed by atoms with E-state index < -0.39 is 0 Å². The molecule has 1 aliphatic rings. The van der Waals surface area contributed by atoms with E-state index in [1.165, 1.54) is 6.07 Å². The highest BCUT2D eigenvalue weighted by Crippen LogP contribution is 2.37. The lowest BCUT2D eigenvalue weighted by Crippen LogP contribution is -2.12. The monoisotopic (exact) mass is 340 g/mol. The van der Waals surface area contributed by atoms with Gasteiger partial charge in [-0.15, -0.1) is 0 Å². The lowest BCUT2D eigenvalue weighted by atomic mass is 9.96. The van der Waals surface area contributed by atoms with E-state index in [0.29, 0.717) is 29.4 Å². The summed E-state index contributed by atoms with van der Waals surface area (Å²) in [5.74, 6) is -0.386. The van der Waals surface area contributed by atoms with E-state index in [2.05, 4.69) is 15.1 Å². The number of benzene rings is 1. The van der Waals surface area contributed by atoms with Gasteiger partial charge in [0, 0.05) is 34.8 Å². The van der Waals surface area contributed by atoms with Gasteiger partial charge in [0.15, 0.2) is 0 Å². The molecular weight excluding hydrogens is 327 g/mol. The van der Waals surface area contributed by atoms with Crippen molar-refractivity contribution in [3.63, 3.8) is 0 Å². The van der Waals surface area contributed by atoms with Gasteiger partial charge in [-0.1, -0.05) is 11.6 Å². The number of aliphatic imine (C=N–C) groups is 1. The molecule has 0 saturated heterocycles. The molecule has 4 rings (SSSR count). The number of aromatic nitrogens is 3. The molecule has 0 saturated carbocycles. The normalized spacial score (nSPS) is 13.1. The third-order valence-corrected chi connectivity index (χ3v) is 4.36. The van der Waals surface area contributed by atoms with Gasteiger partial charge in [0.05, 0.1) is 18.8 Å². The van der Waals surface area contributed by atoms with Crippen LogP contribution in [-0.4, -0.2) is 27.5 Å². The third-order valence-electron chi connectivity index (χ3n) is 4.12. The first-order valence-electron chi connectivity index (χ1n) is 7.62. The van der Waals surface area contributed by atoms with Crippen molar-refractivity contribution in [1.29, 1.82) is 0 Å². The first-order chi connectivity index (χ1) is 11.6. The number of fused-ring (bicyclic) bond motifs is 1. The number of hydrogen-bond donors (Lipinski definition) is 0. The Balaban J connectivity index is 2.03. The van der Waals surface area contributed by atoms with Gasteiger partial charge in [-0.05, 0) is 42.3 Å². The minimum atomic E-state index is -0.386. The molecule has 120 valence electrons. The molecule has 24 heavy (non-hydrogen) atoms. The molecule has 0 amide bonds. The molecule has 6 heteroatoms. The minimum absolute atomic E-state index is 0.364. The fourth-order valence-electron chi connectivity index (χ4n) is 2.97. The highest BCUT2D eigenvalue weighted by atomic mass is 35.5. The van der Waals surface area contributed by atoms with Gasteiger partial charge in [0.25, 0.3) is 0 Å². The van der Waals surface area contributed by atoms with Crippen molar-refractivity contribution in [2.24, 2.45) is 4.99 Å². The van der Waals surface area contributed by atoms with Crippen LogP contribution in [0.15, 0.2) is 41.7 Å². The molecule has 3 aromatic rings. The summed E-state index contributed by atoms with van der Waals surface area (Å²) in [6.07, 6.45) is 5.33. The van der Waals surface area contributed by atoms with E-state index in [1.54, 1.807) is 24.5 Å². The molecule has 0 aliphatic carbocycles. The molecule has 3 heterocycles. The van der Waals surface area contributed by atoms with Crippen molar-refractivity contribution in [2.45, 2.75) is 13.5 Å². The van der Waals surface area contributed by atoms with E-state index in [1.807, 2.05) is 23.9 Å². The van der Waals surface area contributed by atoms with Crippen molar-refractivity contribution in [2.75, 3.05) is 6.54 Å². The quantitative estimate of drug-likeness (QED) is 0.703. The number of aryl methyl sites for hydroxylation is 1. The Bertz CT molecular complexity index is 962. The summed E-state index contributed by atoms with van der Waals surface area (Å²) in [4.78, 5) is 8.51. The molecule has 0 N–H and O–H groups in total. The molecule has 1 aromatic carbocycles. The van der Waals surface area contributed by atoms with Gasteiger partial charge < -0.3 is 0 Å². The summed E-state index contributed by atoms with van der Waals surface area (Å²) in [6.45, 7) is 3.33. The summed E-state index contributed by atoms with van der Waals surface area (Å²) < 4.78 is 16.4. The van der Waals surface area contributed by atoms with E-state index in [0.717, 1.165) is 22.4 Å². The summed E-state index contributed by atoms with van der Waals surface area (Å²) >= 11 is 5.89. The number of nitrogens with zero attached hydrogens (tertiary/aromatic N) is 4. The van der Waals surface area contributed by atoms with Gasteiger partial charge in [-0.3, -0.25) is 14.7 Å². The van der Waals surface area contributed by atoms with Crippen molar-refractivity contribution >= 4 is 17.8 Å². The summed E-state index contributed by atoms with van der Waals surface area (Å²) in [5.41, 5.74) is 4.77. The van der Waals surface area contributed by atoms with Crippen molar-refractivity contribution in [3.05, 3.63) is 58.8 Å². The first kappa shape index (κ1) is 15.0. The van der Waals surface area contributed by atoms with Crippen LogP contribution in [0.4, 0.5) is 4.39 Å². The Kier molecular flexibility index (Phi) is 3.65. The van der Waals surface area contributed by atoms with Crippen LogP contribution in [0, 0.1) is 12.7 Å². The first-order valence-corrected chi connectivity index (χ1v) is 8.00. The number of rotatable bonds is 2. The maximum atomic E-state index is 14.5. The standard InChI is InChI=1S/C18H14ClFN4/c1-11-9-21-5-4-13(11)17-16-10-22-6-7-24(16)23-18(17)14-3-2-12(19)8-15(14)20/h2-5,8-10H,6-7H2,1H3. The van der Waals surface area contributed by atoms with Gasteiger partial charge >= 0.3 is 0 Å². The molecule has 0 bridgehead atoms. The van der Waals surface area contributed by atoms with Crippen LogP contribution in [-0.2, 0) is 6.54 Å². The smallest absolute Gasteiger partial charge is 0.134 e. The zero-order chi connectivity index (χ0) is 16.7. The predicted molar refractivity (Wildman–Crippen MR) is 93.1 cm³/mol. The molecule has 2 aromatic heterocycles. The van der Waals surface area contributed by atoms with Crippen molar-refractivity contribution in [1.82, 2.24) is 14.8 Å². The average Bonchev–Trinajstić information content (AvgIpc) is 2.94. The Morgan fingerprint density at radius 2 is 2.08 bits per heavy atom. The maximum absolute atomic E-state index is 14.5. The fourth-order valence-corrected chi connectivity index (χ4v) is 3.13. The average molecular weight is 341 g/mol. The number of halogens is 2. The molecule has 0 atom stereocenters. The van der Waals surface area contributed by atoms with Gasteiger partial charge in [-0.25, -0.2) is 4.39 Å². The second-order valence-corrected chi connectivity index (χ2v) is 6.12. The van der Waals surface area contributed by atoms with Crippen LogP contribution >= 0.6 is 11.6 Å².